The van der Waals surface area contributed by atoms with Crippen LogP contribution in [-0.2, 0) is 16.1 Å². The van der Waals surface area contributed by atoms with E-state index in [9.17, 15) is 9.18 Å². The minimum Gasteiger partial charge on any atom is -0.379 e. The first-order valence-electron chi connectivity index (χ1n) is 8.11. The van der Waals surface area contributed by atoms with E-state index in [0.717, 1.165) is 37.3 Å². The van der Waals surface area contributed by atoms with Crippen molar-refractivity contribution in [3.8, 4) is 0 Å². The van der Waals surface area contributed by atoms with Gasteiger partial charge in [-0.15, -0.1) is 0 Å². The van der Waals surface area contributed by atoms with Crippen LogP contribution in [0.5, 0.6) is 0 Å². The molecule has 2 saturated heterocycles. The van der Waals surface area contributed by atoms with Gasteiger partial charge in [0, 0.05) is 51.3 Å². The lowest BCUT2D eigenvalue weighted by molar-refractivity contribution is -0.132. The molecule has 1 aromatic rings. The standard InChI is InChI=1S/C17H24FN3O2/c1-13-2-3-15(18)14(10-13)11-20-5-7-21(8-6-20)17(16(19)22)4-9-23-12-17/h2-3,10H,4-9,11-12H2,1H3,(H2,19,22). The fourth-order valence-corrected chi connectivity index (χ4v) is 3.55. The van der Waals surface area contributed by atoms with Crippen molar-refractivity contribution < 1.29 is 13.9 Å². The lowest BCUT2D eigenvalue weighted by Gasteiger charge is -2.43. The third-order valence-electron chi connectivity index (χ3n) is 5.03. The molecule has 2 aliphatic heterocycles. The quantitative estimate of drug-likeness (QED) is 0.895. The van der Waals surface area contributed by atoms with E-state index < -0.39 is 5.54 Å². The number of aryl methyl sites for hydroxylation is 1. The number of carbonyl (C=O) groups excluding carboxylic acids is 1. The molecule has 2 N–H and O–H groups in total. The molecule has 2 fully saturated rings. The van der Waals surface area contributed by atoms with Crippen LogP contribution in [-0.4, -0.2) is 60.6 Å². The van der Waals surface area contributed by atoms with E-state index in [4.69, 9.17) is 10.5 Å². The molecule has 2 heterocycles. The maximum absolute atomic E-state index is 13.9. The molecule has 6 heteroatoms. The highest BCUT2D eigenvalue weighted by Crippen LogP contribution is 2.27. The summed E-state index contributed by atoms with van der Waals surface area (Å²) in [5, 5.41) is 0. The van der Waals surface area contributed by atoms with Crippen LogP contribution in [0.3, 0.4) is 0 Å². The molecule has 1 amide bonds. The van der Waals surface area contributed by atoms with Crippen molar-refractivity contribution in [2.75, 3.05) is 39.4 Å². The van der Waals surface area contributed by atoms with Crippen molar-refractivity contribution in [2.24, 2.45) is 5.73 Å². The lowest BCUT2D eigenvalue weighted by atomic mass is 9.94. The molecule has 126 valence electrons. The van der Waals surface area contributed by atoms with E-state index in [1.807, 2.05) is 13.0 Å². The van der Waals surface area contributed by atoms with Crippen LogP contribution in [0.1, 0.15) is 17.5 Å². The predicted molar refractivity (Wildman–Crippen MR) is 85.3 cm³/mol. The van der Waals surface area contributed by atoms with Gasteiger partial charge in [0.05, 0.1) is 6.61 Å². The number of halogens is 1. The second-order valence-electron chi connectivity index (χ2n) is 6.56. The number of primary amides is 1. The highest BCUT2D eigenvalue weighted by atomic mass is 19.1. The predicted octanol–water partition coefficient (Wildman–Crippen LogP) is 0.896. The molecule has 23 heavy (non-hydrogen) atoms. The van der Waals surface area contributed by atoms with Gasteiger partial charge in [-0.1, -0.05) is 17.7 Å². The SMILES string of the molecule is Cc1ccc(F)c(CN2CCN(C3(C(N)=O)CCOC3)CC2)c1. The Labute approximate surface area is 136 Å². The Morgan fingerprint density at radius 1 is 1.35 bits per heavy atom. The normalized spacial score (nSPS) is 26.5. The van der Waals surface area contributed by atoms with Crippen molar-refractivity contribution in [3.63, 3.8) is 0 Å². The van der Waals surface area contributed by atoms with Gasteiger partial charge < -0.3 is 10.5 Å². The van der Waals surface area contributed by atoms with Gasteiger partial charge in [0.25, 0.3) is 0 Å². The Balaban J connectivity index is 1.62. The number of hydrogen-bond acceptors (Lipinski definition) is 4. The fraction of sp³-hybridized carbons (Fsp3) is 0.588. The van der Waals surface area contributed by atoms with Crippen LogP contribution >= 0.6 is 0 Å². The topological polar surface area (TPSA) is 58.8 Å². The number of nitrogens with two attached hydrogens (primary N) is 1. The Morgan fingerprint density at radius 3 is 2.70 bits per heavy atom. The summed E-state index contributed by atoms with van der Waals surface area (Å²) in [4.78, 5) is 16.3. The average Bonchev–Trinajstić information content (AvgIpc) is 3.03. The third kappa shape index (κ3) is 3.24. The van der Waals surface area contributed by atoms with Gasteiger partial charge >= 0.3 is 0 Å². The van der Waals surface area contributed by atoms with Gasteiger partial charge in [0.15, 0.2) is 0 Å². The van der Waals surface area contributed by atoms with Crippen LogP contribution in [0.4, 0.5) is 4.39 Å². The molecule has 0 aliphatic carbocycles. The summed E-state index contributed by atoms with van der Waals surface area (Å²) in [5.41, 5.74) is 6.78. The molecule has 1 aromatic carbocycles. The second kappa shape index (κ2) is 6.55. The number of carbonyl (C=O) groups is 1. The number of nitrogens with zero attached hydrogens (tertiary/aromatic N) is 2. The Hall–Kier alpha value is -1.50. The van der Waals surface area contributed by atoms with Crippen molar-refractivity contribution in [3.05, 3.63) is 35.1 Å². The zero-order valence-electron chi connectivity index (χ0n) is 13.6. The molecule has 0 saturated carbocycles. The number of amides is 1. The van der Waals surface area contributed by atoms with Gasteiger partial charge in [-0.3, -0.25) is 14.6 Å². The zero-order chi connectivity index (χ0) is 16.4. The van der Waals surface area contributed by atoms with Gasteiger partial charge in [0.1, 0.15) is 11.4 Å². The highest BCUT2D eigenvalue weighted by Gasteiger charge is 2.46. The van der Waals surface area contributed by atoms with Crippen LogP contribution in [0.25, 0.3) is 0 Å². The maximum atomic E-state index is 13.9. The number of benzene rings is 1. The van der Waals surface area contributed by atoms with Crippen molar-refractivity contribution in [1.29, 1.82) is 0 Å². The van der Waals surface area contributed by atoms with Crippen LogP contribution in [0.2, 0.25) is 0 Å². The summed E-state index contributed by atoms with van der Waals surface area (Å²) in [6.07, 6.45) is 0.662. The molecular weight excluding hydrogens is 297 g/mol. The molecule has 1 atom stereocenters. The summed E-state index contributed by atoms with van der Waals surface area (Å²) in [5.74, 6) is -0.455. The largest absolute Gasteiger partial charge is 0.379 e. The van der Waals surface area contributed by atoms with Crippen molar-refractivity contribution >= 4 is 5.91 Å². The molecule has 2 aliphatic rings. The first-order valence-corrected chi connectivity index (χ1v) is 8.11. The Morgan fingerprint density at radius 2 is 2.09 bits per heavy atom. The lowest BCUT2D eigenvalue weighted by Crippen LogP contribution is -2.63. The Kier molecular flexibility index (Phi) is 4.66. The number of rotatable bonds is 4. The summed E-state index contributed by atoms with van der Waals surface area (Å²) >= 11 is 0. The second-order valence-corrected chi connectivity index (χ2v) is 6.56. The molecule has 0 aromatic heterocycles. The molecular formula is C17H24FN3O2. The molecule has 0 radical (unpaired) electrons. The smallest absolute Gasteiger partial charge is 0.240 e. The van der Waals surface area contributed by atoms with E-state index in [2.05, 4.69) is 9.80 Å². The van der Waals surface area contributed by atoms with Crippen LogP contribution < -0.4 is 5.73 Å². The van der Waals surface area contributed by atoms with Gasteiger partial charge in [-0.25, -0.2) is 4.39 Å². The van der Waals surface area contributed by atoms with E-state index in [0.29, 0.717) is 26.2 Å². The maximum Gasteiger partial charge on any atom is 0.240 e. The number of piperazine rings is 1. The third-order valence-corrected chi connectivity index (χ3v) is 5.03. The molecule has 5 nitrogen and oxygen atoms in total. The average molecular weight is 321 g/mol. The van der Waals surface area contributed by atoms with E-state index in [1.54, 1.807) is 6.07 Å². The molecule has 0 spiro atoms. The first kappa shape index (κ1) is 16.4. The van der Waals surface area contributed by atoms with E-state index >= 15 is 0 Å². The van der Waals surface area contributed by atoms with Gasteiger partial charge in [-0.2, -0.15) is 0 Å². The highest BCUT2D eigenvalue weighted by molar-refractivity contribution is 5.85. The summed E-state index contributed by atoms with van der Waals surface area (Å²) in [6.45, 7) is 6.62. The molecule has 1 unspecified atom stereocenters. The van der Waals surface area contributed by atoms with Crippen LogP contribution in [0.15, 0.2) is 18.2 Å². The van der Waals surface area contributed by atoms with Crippen LogP contribution in [0, 0.1) is 12.7 Å². The fourth-order valence-electron chi connectivity index (χ4n) is 3.55. The number of ether oxygens (including phenoxy) is 1. The van der Waals surface area contributed by atoms with Crippen molar-refractivity contribution in [1.82, 2.24) is 9.80 Å². The molecule has 3 rings (SSSR count). The van der Waals surface area contributed by atoms with E-state index in [-0.39, 0.29) is 11.7 Å². The minimum absolute atomic E-state index is 0.157. The minimum atomic E-state index is -0.652. The monoisotopic (exact) mass is 321 g/mol. The molecule has 0 bridgehead atoms. The van der Waals surface area contributed by atoms with Crippen molar-refractivity contribution in [2.45, 2.75) is 25.4 Å². The Bertz CT molecular complexity index is 579. The number of hydrogen-bond donors (Lipinski definition) is 1. The summed E-state index contributed by atoms with van der Waals surface area (Å²) < 4.78 is 19.3. The summed E-state index contributed by atoms with van der Waals surface area (Å²) in [6, 6.07) is 5.21. The zero-order valence-corrected chi connectivity index (χ0v) is 13.6. The van der Waals surface area contributed by atoms with Gasteiger partial charge in [0.2, 0.25) is 5.91 Å². The van der Waals surface area contributed by atoms with E-state index in [1.165, 1.54) is 6.07 Å². The first-order chi connectivity index (χ1) is 11.0. The van der Waals surface area contributed by atoms with Gasteiger partial charge in [-0.05, 0) is 13.0 Å². The summed E-state index contributed by atoms with van der Waals surface area (Å²) in [7, 11) is 0.